The zero-order valence-corrected chi connectivity index (χ0v) is 9.73. The minimum atomic E-state index is -1.17. The van der Waals surface area contributed by atoms with Gasteiger partial charge in [-0.05, 0) is 18.7 Å². The van der Waals surface area contributed by atoms with E-state index in [9.17, 15) is 9.90 Å². The summed E-state index contributed by atoms with van der Waals surface area (Å²) in [5.41, 5.74) is 1.11. The molecule has 88 valence electrons. The zero-order chi connectivity index (χ0) is 12.6. The maximum atomic E-state index is 12.0. The maximum Gasteiger partial charge on any atom is 0.336 e. The van der Waals surface area contributed by atoms with Crippen LogP contribution in [0.3, 0.4) is 0 Å². The van der Waals surface area contributed by atoms with Gasteiger partial charge in [0.15, 0.2) is 5.69 Å². The van der Waals surface area contributed by atoms with Crippen LogP contribution in [0.1, 0.15) is 23.0 Å². The predicted octanol–water partition coefficient (Wildman–Crippen LogP) is 1.23. The second-order valence-electron chi connectivity index (χ2n) is 3.86. The second-order valence-corrected chi connectivity index (χ2v) is 3.86. The summed E-state index contributed by atoms with van der Waals surface area (Å²) in [6.45, 7) is 4.23. The third kappa shape index (κ3) is 1.62. The normalized spacial score (nSPS) is 10.7. The standard InChI is InChI=1S/C13H13NO3/c1-3-14-8(2)12(15)11(13(16)17)9-6-4-5-7-10(9)14/h4-7H,3H2,1-2H3,(H-,15,16,17). The molecule has 1 heterocycles. The molecule has 0 aliphatic heterocycles. The van der Waals surface area contributed by atoms with E-state index in [1.165, 1.54) is 0 Å². The van der Waals surface area contributed by atoms with Crippen molar-refractivity contribution in [3.05, 3.63) is 35.5 Å². The molecule has 0 aliphatic rings. The van der Waals surface area contributed by atoms with Crippen molar-refractivity contribution >= 4 is 16.9 Å². The quantitative estimate of drug-likeness (QED) is 0.790. The molecule has 0 amide bonds. The van der Waals surface area contributed by atoms with E-state index < -0.39 is 11.7 Å². The molecule has 0 bridgehead atoms. The molecule has 1 aromatic heterocycles. The molecule has 0 unspecified atom stereocenters. The molecule has 4 heteroatoms. The Kier molecular flexibility index (Phi) is 2.71. The Morgan fingerprint density at radius 3 is 2.65 bits per heavy atom. The van der Waals surface area contributed by atoms with E-state index in [0.717, 1.165) is 5.52 Å². The van der Waals surface area contributed by atoms with Gasteiger partial charge in [0.25, 0.3) is 0 Å². The first-order valence-electron chi connectivity index (χ1n) is 5.43. The second kappa shape index (κ2) is 4.05. The monoisotopic (exact) mass is 231 g/mol. The smallest absolute Gasteiger partial charge is 0.336 e. The van der Waals surface area contributed by atoms with Crippen LogP contribution in [-0.2, 0) is 6.54 Å². The summed E-state index contributed by atoms with van der Waals surface area (Å²) in [7, 11) is 0. The van der Waals surface area contributed by atoms with Gasteiger partial charge in [-0.25, -0.2) is 4.79 Å². The summed E-state index contributed by atoms with van der Waals surface area (Å²) in [6, 6.07) is 7.08. The van der Waals surface area contributed by atoms with Gasteiger partial charge in [0.05, 0.1) is 10.9 Å². The number of fused-ring (bicyclic) bond motifs is 1. The Morgan fingerprint density at radius 1 is 1.41 bits per heavy atom. The first-order chi connectivity index (χ1) is 8.07. The number of pyridine rings is 1. The van der Waals surface area contributed by atoms with Gasteiger partial charge in [0.1, 0.15) is 6.54 Å². The van der Waals surface area contributed by atoms with E-state index in [2.05, 4.69) is 0 Å². The van der Waals surface area contributed by atoms with E-state index in [1.54, 1.807) is 19.1 Å². The minimum Gasteiger partial charge on any atom is -0.868 e. The van der Waals surface area contributed by atoms with Crippen molar-refractivity contribution in [1.82, 2.24) is 0 Å². The molecule has 1 N–H and O–H groups in total. The Balaban J connectivity index is 3.01. The van der Waals surface area contributed by atoms with Crippen LogP contribution in [0.4, 0.5) is 0 Å². The lowest BCUT2D eigenvalue weighted by Crippen LogP contribution is -2.38. The van der Waals surface area contributed by atoms with Gasteiger partial charge in [-0.15, -0.1) is 0 Å². The fourth-order valence-electron chi connectivity index (χ4n) is 2.15. The number of benzene rings is 1. The first kappa shape index (κ1) is 11.4. The zero-order valence-electron chi connectivity index (χ0n) is 9.73. The number of para-hydroxylation sites is 1. The topological polar surface area (TPSA) is 64.2 Å². The highest BCUT2D eigenvalue weighted by atomic mass is 16.4. The number of carboxylic acids is 1. The summed E-state index contributed by atoms with van der Waals surface area (Å²) >= 11 is 0. The number of carboxylic acid groups (broad SMARTS) is 1. The molecule has 0 saturated heterocycles. The molecule has 0 aliphatic carbocycles. The average molecular weight is 231 g/mol. The Labute approximate surface area is 98.8 Å². The Bertz CT molecular complexity index is 605. The molecule has 2 aromatic rings. The van der Waals surface area contributed by atoms with Gasteiger partial charge in [-0.1, -0.05) is 12.1 Å². The van der Waals surface area contributed by atoms with Crippen LogP contribution in [0.25, 0.3) is 10.9 Å². The highest BCUT2D eigenvalue weighted by molar-refractivity contribution is 6.04. The SMILES string of the molecule is CC[n+]1c(C)c([O-])c(C(=O)O)c2ccccc21. The lowest BCUT2D eigenvalue weighted by Gasteiger charge is -2.15. The summed E-state index contributed by atoms with van der Waals surface area (Å²) in [5.74, 6) is -1.57. The van der Waals surface area contributed by atoms with Crippen molar-refractivity contribution in [1.29, 1.82) is 0 Å². The van der Waals surface area contributed by atoms with Crippen molar-refractivity contribution in [2.24, 2.45) is 0 Å². The van der Waals surface area contributed by atoms with Crippen LogP contribution < -0.4 is 9.67 Å². The number of aromatic carboxylic acids is 1. The molecule has 0 radical (unpaired) electrons. The summed E-state index contributed by atoms with van der Waals surface area (Å²) in [5, 5.41) is 21.6. The van der Waals surface area contributed by atoms with E-state index in [0.29, 0.717) is 17.6 Å². The number of rotatable bonds is 2. The van der Waals surface area contributed by atoms with Gasteiger partial charge < -0.3 is 10.2 Å². The van der Waals surface area contributed by atoms with E-state index in [1.807, 2.05) is 23.6 Å². The number of hydrogen-bond acceptors (Lipinski definition) is 2. The fourth-order valence-corrected chi connectivity index (χ4v) is 2.15. The number of nitrogens with zero attached hydrogens (tertiary/aromatic N) is 1. The van der Waals surface area contributed by atoms with Crippen LogP contribution in [0.15, 0.2) is 24.3 Å². The van der Waals surface area contributed by atoms with E-state index in [-0.39, 0.29) is 5.56 Å². The van der Waals surface area contributed by atoms with Crippen molar-refractivity contribution in [2.45, 2.75) is 20.4 Å². The highest BCUT2D eigenvalue weighted by Gasteiger charge is 2.20. The van der Waals surface area contributed by atoms with Crippen LogP contribution in [0.2, 0.25) is 0 Å². The van der Waals surface area contributed by atoms with Gasteiger partial charge in [0.2, 0.25) is 5.52 Å². The molecular weight excluding hydrogens is 218 g/mol. The number of aromatic nitrogens is 1. The Hall–Kier alpha value is -2.10. The average Bonchev–Trinajstić information content (AvgIpc) is 2.30. The van der Waals surface area contributed by atoms with Crippen LogP contribution in [0.5, 0.6) is 5.75 Å². The van der Waals surface area contributed by atoms with Gasteiger partial charge in [-0.2, -0.15) is 4.57 Å². The number of aryl methyl sites for hydroxylation is 1. The molecule has 4 nitrogen and oxygen atoms in total. The molecule has 17 heavy (non-hydrogen) atoms. The van der Waals surface area contributed by atoms with Crippen molar-refractivity contribution < 1.29 is 19.6 Å². The first-order valence-corrected chi connectivity index (χ1v) is 5.43. The summed E-state index contributed by atoms with van der Waals surface area (Å²) in [6.07, 6.45) is 0. The van der Waals surface area contributed by atoms with Crippen molar-refractivity contribution in [3.8, 4) is 5.75 Å². The molecular formula is C13H13NO3. The van der Waals surface area contributed by atoms with E-state index >= 15 is 0 Å². The van der Waals surface area contributed by atoms with Crippen LogP contribution in [-0.4, -0.2) is 11.1 Å². The molecule has 2 rings (SSSR count). The predicted molar refractivity (Wildman–Crippen MR) is 61.0 cm³/mol. The van der Waals surface area contributed by atoms with Gasteiger partial charge in [-0.3, -0.25) is 0 Å². The molecule has 0 atom stereocenters. The molecule has 0 spiro atoms. The molecule has 0 fully saturated rings. The van der Waals surface area contributed by atoms with Crippen molar-refractivity contribution in [2.75, 3.05) is 0 Å². The maximum absolute atomic E-state index is 12.0. The van der Waals surface area contributed by atoms with E-state index in [4.69, 9.17) is 5.11 Å². The Morgan fingerprint density at radius 2 is 2.06 bits per heavy atom. The number of carbonyl (C=O) groups is 1. The van der Waals surface area contributed by atoms with Crippen LogP contribution in [0, 0.1) is 6.92 Å². The summed E-state index contributed by atoms with van der Waals surface area (Å²) < 4.78 is 1.84. The van der Waals surface area contributed by atoms with Gasteiger partial charge in [0, 0.05) is 13.0 Å². The molecule has 0 saturated carbocycles. The minimum absolute atomic E-state index is 0.136. The molecule has 1 aromatic carbocycles. The fraction of sp³-hybridized carbons (Fsp3) is 0.231. The number of hydrogen-bond donors (Lipinski definition) is 1. The lowest BCUT2D eigenvalue weighted by atomic mass is 10.1. The third-order valence-corrected chi connectivity index (χ3v) is 2.95. The third-order valence-electron chi connectivity index (χ3n) is 2.95. The van der Waals surface area contributed by atoms with Crippen molar-refractivity contribution in [3.63, 3.8) is 0 Å². The lowest BCUT2D eigenvalue weighted by molar-refractivity contribution is -0.676. The van der Waals surface area contributed by atoms with Gasteiger partial charge >= 0.3 is 5.97 Å². The highest BCUT2D eigenvalue weighted by Crippen LogP contribution is 2.25. The summed E-state index contributed by atoms with van der Waals surface area (Å²) in [4.78, 5) is 11.2. The van der Waals surface area contributed by atoms with Crippen LogP contribution >= 0.6 is 0 Å². The largest absolute Gasteiger partial charge is 0.868 e.